The third-order valence-electron chi connectivity index (χ3n) is 2.62. The Hall–Kier alpha value is -0.930. The lowest BCUT2D eigenvalue weighted by molar-refractivity contribution is 0.127. The van der Waals surface area contributed by atoms with E-state index in [0.717, 1.165) is 5.56 Å². The molecule has 0 heterocycles. The van der Waals surface area contributed by atoms with Crippen LogP contribution >= 0.6 is 0 Å². The topological polar surface area (TPSA) is 46.2 Å². The first kappa shape index (κ1) is 8.66. The Bertz CT molecular complexity index is 327. The van der Waals surface area contributed by atoms with Crippen LogP contribution in [0.25, 0.3) is 0 Å². The molecule has 0 bridgehead atoms. The number of aliphatic hydroxyl groups excluding tert-OH is 1. The second-order valence-corrected chi connectivity index (χ2v) is 3.44. The van der Waals surface area contributed by atoms with Gasteiger partial charge in [-0.3, -0.25) is 0 Å². The highest BCUT2D eigenvalue weighted by Crippen LogP contribution is 2.29. The van der Waals surface area contributed by atoms with Crippen molar-refractivity contribution in [3.63, 3.8) is 0 Å². The molecule has 0 aromatic heterocycles. The SMILES string of the molecule is NC1c2cccc(F)c2CCC1O. The average molecular weight is 181 g/mol. The van der Waals surface area contributed by atoms with Crippen molar-refractivity contribution >= 4 is 0 Å². The van der Waals surface area contributed by atoms with E-state index in [1.165, 1.54) is 6.07 Å². The number of halogens is 1. The van der Waals surface area contributed by atoms with Gasteiger partial charge in [-0.05, 0) is 30.0 Å². The van der Waals surface area contributed by atoms with Gasteiger partial charge in [0.05, 0.1) is 12.1 Å². The van der Waals surface area contributed by atoms with Crippen molar-refractivity contribution in [2.45, 2.75) is 25.0 Å². The normalized spacial score (nSPS) is 27.0. The lowest BCUT2D eigenvalue weighted by Gasteiger charge is -2.27. The molecule has 0 amide bonds. The Balaban J connectivity index is 2.49. The van der Waals surface area contributed by atoms with Gasteiger partial charge in [0.25, 0.3) is 0 Å². The minimum Gasteiger partial charge on any atom is -0.391 e. The average Bonchev–Trinajstić information content (AvgIpc) is 2.12. The number of aliphatic hydroxyl groups is 1. The summed E-state index contributed by atoms with van der Waals surface area (Å²) < 4.78 is 13.2. The zero-order valence-electron chi connectivity index (χ0n) is 7.20. The van der Waals surface area contributed by atoms with Gasteiger partial charge in [-0.2, -0.15) is 0 Å². The maximum absolute atomic E-state index is 13.2. The molecule has 0 saturated carbocycles. The highest BCUT2D eigenvalue weighted by atomic mass is 19.1. The Labute approximate surface area is 76.2 Å². The molecule has 0 fully saturated rings. The second-order valence-electron chi connectivity index (χ2n) is 3.44. The highest BCUT2D eigenvalue weighted by molar-refractivity contribution is 5.34. The molecule has 2 rings (SSSR count). The third kappa shape index (κ3) is 1.34. The van der Waals surface area contributed by atoms with Crippen molar-refractivity contribution in [3.8, 4) is 0 Å². The van der Waals surface area contributed by atoms with Gasteiger partial charge >= 0.3 is 0 Å². The first-order chi connectivity index (χ1) is 6.20. The summed E-state index contributed by atoms with van der Waals surface area (Å²) in [6, 6.07) is 4.42. The quantitative estimate of drug-likeness (QED) is 0.630. The number of rotatable bonds is 0. The predicted octanol–water partition coefficient (Wildman–Crippen LogP) is 1.13. The Morgan fingerprint density at radius 1 is 1.46 bits per heavy atom. The standard InChI is InChI=1S/C10H12FNO/c11-8-3-1-2-7-6(8)4-5-9(13)10(7)12/h1-3,9-10,13H,4-5,12H2. The van der Waals surface area contributed by atoms with Gasteiger partial charge in [-0.15, -0.1) is 0 Å². The third-order valence-corrected chi connectivity index (χ3v) is 2.62. The summed E-state index contributed by atoms with van der Waals surface area (Å²) in [5.74, 6) is -0.208. The first-order valence-corrected chi connectivity index (χ1v) is 4.41. The van der Waals surface area contributed by atoms with E-state index in [1.807, 2.05) is 0 Å². The monoisotopic (exact) mass is 181 g/mol. The summed E-state index contributed by atoms with van der Waals surface area (Å²) in [6.45, 7) is 0. The van der Waals surface area contributed by atoms with Crippen molar-refractivity contribution < 1.29 is 9.50 Å². The molecule has 3 heteroatoms. The lowest BCUT2D eigenvalue weighted by atomic mass is 9.86. The molecule has 2 atom stereocenters. The van der Waals surface area contributed by atoms with Crippen molar-refractivity contribution in [1.82, 2.24) is 0 Å². The number of nitrogens with two attached hydrogens (primary N) is 1. The maximum Gasteiger partial charge on any atom is 0.126 e. The molecule has 2 nitrogen and oxygen atoms in total. The van der Waals surface area contributed by atoms with Gasteiger partial charge in [0, 0.05) is 0 Å². The largest absolute Gasteiger partial charge is 0.391 e. The van der Waals surface area contributed by atoms with Gasteiger partial charge in [-0.25, -0.2) is 4.39 Å². The molecule has 3 N–H and O–H groups in total. The van der Waals surface area contributed by atoms with Crippen molar-refractivity contribution in [2.75, 3.05) is 0 Å². The summed E-state index contributed by atoms with van der Waals surface area (Å²) in [4.78, 5) is 0. The Kier molecular flexibility index (Phi) is 2.06. The van der Waals surface area contributed by atoms with Crippen LogP contribution < -0.4 is 5.73 Å². The number of fused-ring (bicyclic) bond motifs is 1. The van der Waals surface area contributed by atoms with Gasteiger partial charge in [-0.1, -0.05) is 12.1 Å². The van der Waals surface area contributed by atoms with E-state index in [4.69, 9.17) is 5.73 Å². The van der Waals surface area contributed by atoms with Crippen LogP contribution in [0, 0.1) is 5.82 Å². The van der Waals surface area contributed by atoms with Gasteiger partial charge in [0.15, 0.2) is 0 Å². The van der Waals surface area contributed by atoms with Crippen molar-refractivity contribution in [2.24, 2.45) is 5.73 Å². The van der Waals surface area contributed by atoms with E-state index in [-0.39, 0.29) is 5.82 Å². The van der Waals surface area contributed by atoms with Crippen LogP contribution in [0.3, 0.4) is 0 Å². The van der Waals surface area contributed by atoms with Crippen LogP contribution in [-0.2, 0) is 6.42 Å². The molecule has 1 aromatic carbocycles. The molecule has 1 aliphatic rings. The molecule has 70 valence electrons. The smallest absolute Gasteiger partial charge is 0.126 e. The second kappa shape index (κ2) is 3.09. The number of hydrogen-bond donors (Lipinski definition) is 2. The van der Waals surface area contributed by atoms with E-state index in [9.17, 15) is 9.50 Å². The zero-order valence-corrected chi connectivity index (χ0v) is 7.20. The van der Waals surface area contributed by atoms with E-state index < -0.39 is 12.1 Å². The molecule has 1 aromatic rings. The van der Waals surface area contributed by atoms with Crippen LogP contribution in [0.2, 0.25) is 0 Å². The number of hydrogen-bond acceptors (Lipinski definition) is 2. The predicted molar refractivity (Wildman–Crippen MR) is 47.7 cm³/mol. The first-order valence-electron chi connectivity index (χ1n) is 4.41. The fourth-order valence-corrected chi connectivity index (χ4v) is 1.83. The van der Waals surface area contributed by atoms with E-state index >= 15 is 0 Å². The highest BCUT2D eigenvalue weighted by Gasteiger charge is 2.26. The summed E-state index contributed by atoms with van der Waals surface area (Å²) in [5, 5.41) is 9.47. The maximum atomic E-state index is 13.2. The molecular formula is C10H12FNO. The molecule has 0 radical (unpaired) electrons. The summed E-state index contributed by atoms with van der Waals surface area (Å²) in [6.07, 6.45) is 0.598. The summed E-state index contributed by atoms with van der Waals surface area (Å²) >= 11 is 0. The molecule has 2 unspecified atom stereocenters. The summed E-state index contributed by atoms with van der Waals surface area (Å²) in [5.41, 5.74) is 7.16. The van der Waals surface area contributed by atoms with E-state index in [1.54, 1.807) is 12.1 Å². The molecule has 0 saturated heterocycles. The number of benzene rings is 1. The molecule has 1 aliphatic carbocycles. The van der Waals surface area contributed by atoms with Crippen molar-refractivity contribution in [1.29, 1.82) is 0 Å². The fraction of sp³-hybridized carbons (Fsp3) is 0.400. The fourth-order valence-electron chi connectivity index (χ4n) is 1.83. The Morgan fingerprint density at radius 3 is 3.00 bits per heavy atom. The molecule has 0 spiro atoms. The minimum absolute atomic E-state index is 0.208. The summed E-state index contributed by atoms with van der Waals surface area (Å²) in [7, 11) is 0. The van der Waals surface area contributed by atoms with Crippen molar-refractivity contribution in [3.05, 3.63) is 35.1 Å². The van der Waals surface area contributed by atoms with Crippen LogP contribution in [0.1, 0.15) is 23.6 Å². The Morgan fingerprint density at radius 2 is 2.23 bits per heavy atom. The van der Waals surface area contributed by atoms with Gasteiger partial charge in [0.2, 0.25) is 0 Å². The van der Waals surface area contributed by atoms with Crippen LogP contribution in [-0.4, -0.2) is 11.2 Å². The minimum atomic E-state index is -0.533. The van der Waals surface area contributed by atoms with Crippen LogP contribution in [0.15, 0.2) is 18.2 Å². The molecule has 0 aliphatic heterocycles. The van der Waals surface area contributed by atoms with Crippen LogP contribution in [0.5, 0.6) is 0 Å². The zero-order chi connectivity index (χ0) is 9.42. The van der Waals surface area contributed by atoms with E-state index in [2.05, 4.69) is 0 Å². The lowest BCUT2D eigenvalue weighted by Crippen LogP contribution is -2.31. The van der Waals surface area contributed by atoms with Crippen LogP contribution in [0.4, 0.5) is 4.39 Å². The molecular weight excluding hydrogens is 169 g/mol. The van der Waals surface area contributed by atoms with Gasteiger partial charge < -0.3 is 10.8 Å². The van der Waals surface area contributed by atoms with E-state index in [0.29, 0.717) is 18.4 Å². The van der Waals surface area contributed by atoms with Gasteiger partial charge in [0.1, 0.15) is 5.82 Å². The molecule has 13 heavy (non-hydrogen) atoms.